The number of hydrazone groups is 1. The van der Waals surface area contributed by atoms with Gasteiger partial charge in [-0.1, -0.05) is 81.4 Å². The molecule has 0 aliphatic carbocycles. The molecule has 7 heteroatoms. The first-order valence-electron chi connectivity index (χ1n) is 13.3. The van der Waals surface area contributed by atoms with E-state index in [0.717, 1.165) is 29.8 Å². The highest BCUT2D eigenvalue weighted by Crippen LogP contribution is 2.37. The molecule has 2 aromatic rings. The van der Waals surface area contributed by atoms with Crippen LogP contribution in [0.3, 0.4) is 0 Å². The summed E-state index contributed by atoms with van der Waals surface area (Å²) in [6, 6.07) is 21.1. The van der Waals surface area contributed by atoms with Gasteiger partial charge < -0.3 is 13.9 Å². The van der Waals surface area contributed by atoms with Crippen molar-refractivity contribution in [1.82, 2.24) is 5.01 Å². The van der Waals surface area contributed by atoms with E-state index in [0.29, 0.717) is 6.61 Å². The first-order valence-corrected chi connectivity index (χ1v) is 15.2. The highest BCUT2D eigenvalue weighted by atomic mass is 28.4. The Kier molecular flexibility index (Phi) is 9.72. The zero-order chi connectivity index (χ0) is 27.1. The van der Waals surface area contributed by atoms with Gasteiger partial charge in [0.2, 0.25) is 0 Å². The number of hydrogen-bond donors (Lipinski definition) is 0. The third-order valence-electron chi connectivity index (χ3n) is 6.62. The van der Waals surface area contributed by atoms with Crippen molar-refractivity contribution in [3.8, 4) is 0 Å². The van der Waals surface area contributed by atoms with Gasteiger partial charge in [0.15, 0.2) is 0 Å². The quantitative estimate of drug-likeness (QED) is 0.255. The van der Waals surface area contributed by atoms with Crippen molar-refractivity contribution in [3.05, 3.63) is 60.7 Å². The van der Waals surface area contributed by atoms with Gasteiger partial charge in [-0.25, -0.2) is 0 Å². The third kappa shape index (κ3) is 7.52. The molecule has 1 saturated heterocycles. The third-order valence-corrected chi connectivity index (χ3v) is 11.7. The minimum atomic E-state index is -2.89. The van der Waals surface area contributed by atoms with E-state index in [2.05, 4.69) is 74.3 Å². The molecular weight excluding hydrogens is 480 g/mol. The van der Waals surface area contributed by atoms with E-state index >= 15 is 0 Å². The molecule has 202 valence electrons. The van der Waals surface area contributed by atoms with Crippen LogP contribution in [0.15, 0.2) is 65.8 Å². The summed E-state index contributed by atoms with van der Waals surface area (Å²) in [5, 5.41) is 9.02. The molecule has 1 heterocycles. The second-order valence-electron chi connectivity index (χ2n) is 11.8. The molecule has 37 heavy (non-hydrogen) atoms. The van der Waals surface area contributed by atoms with E-state index in [9.17, 15) is 4.79 Å². The Hall–Kier alpha value is -2.48. The Morgan fingerprint density at radius 3 is 2.08 bits per heavy atom. The zero-order valence-corrected chi connectivity index (χ0v) is 24.6. The summed E-state index contributed by atoms with van der Waals surface area (Å²) in [5.41, 5.74) is -0.575. The van der Waals surface area contributed by atoms with Crippen LogP contribution in [0.4, 0.5) is 0 Å². The van der Waals surface area contributed by atoms with Gasteiger partial charge in [0.1, 0.15) is 5.60 Å². The summed E-state index contributed by atoms with van der Waals surface area (Å²) in [6.07, 6.45) is 3.46. The number of benzene rings is 2. The van der Waals surface area contributed by atoms with Crippen LogP contribution in [-0.2, 0) is 18.7 Å². The fourth-order valence-corrected chi connectivity index (χ4v) is 9.70. The summed E-state index contributed by atoms with van der Waals surface area (Å²) >= 11 is 0. The number of methoxy groups -OCH3 is 1. The topological polar surface area (TPSA) is 60.4 Å². The van der Waals surface area contributed by atoms with Gasteiger partial charge in [0, 0.05) is 13.7 Å². The van der Waals surface area contributed by atoms with E-state index in [1.165, 1.54) is 0 Å². The lowest BCUT2D eigenvalue weighted by Crippen LogP contribution is -2.68. The minimum absolute atomic E-state index is 0.0913. The molecule has 2 aromatic carbocycles. The van der Waals surface area contributed by atoms with E-state index < -0.39 is 20.0 Å². The Balaban J connectivity index is 2.06. The average molecular weight is 525 g/mol. The predicted molar refractivity (Wildman–Crippen MR) is 153 cm³/mol. The second kappa shape index (κ2) is 12.4. The SMILES string of the molecule is COC[C@@H]1CCCN1/N=C/[C@H](CC(=O)OC(C)(C)C)O[Si](c1ccccc1)(c1ccccc1)C(C)(C)C. The van der Waals surface area contributed by atoms with Gasteiger partial charge in [-0.3, -0.25) is 9.80 Å². The highest BCUT2D eigenvalue weighted by molar-refractivity contribution is 6.99. The lowest BCUT2D eigenvalue weighted by molar-refractivity contribution is -0.156. The minimum Gasteiger partial charge on any atom is -0.460 e. The van der Waals surface area contributed by atoms with Gasteiger partial charge in [-0.05, 0) is 49.0 Å². The van der Waals surface area contributed by atoms with Crippen LogP contribution < -0.4 is 10.4 Å². The van der Waals surface area contributed by atoms with Gasteiger partial charge in [-0.2, -0.15) is 5.10 Å². The summed E-state index contributed by atoms with van der Waals surface area (Å²) in [4.78, 5) is 13.1. The lowest BCUT2D eigenvalue weighted by Gasteiger charge is -2.44. The van der Waals surface area contributed by atoms with Crippen LogP contribution >= 0.6 is 0 Å². The molecule has 0 bridgehead atoms. The van der Waals surface area contributed by atoms with Crippen molar-refractivity contribution in [3.63, 3.8) is 0 Å². The molecule has 1 aliphatic heterocycles. The Morgan fingerprint density at radius 1 is 1.03 bits per heavy atom. The molecule has 0 aromatic heterocycles. The fourth-order valence-electron chi connectivity index (χ4n) is 5.08. The maximum atomic E-state index is 13.1. The molecule has 0 N–H and O–H groups in total. The molecule has 1 fully saturated rings. The molecule has 6 nitrogen and oxygen atoms in total. The van der Waals surface area contributed by atoms with Crippen molar-refractivity contribution >= 4 is 30.9 Å². The number of hydrogen-bond acceptors (Lipinski definition) is 6. The van der Waals surface area contributed by atoms with Crippen molar-refractivity contribution in [1.29, 1.82) is 0 Å². The Morgan fingerprint density at radius 2 is 1.59 bits per heavy atom. The first kappa shape index (κ1) is 29.1. The largest absolute Gasteiger partial charge is 0.460 e. The molecule has 3 rings (SSSR count). The standard InChI is InChI=1S/C30H44N2O4Si/c1-29(2,3)35-28(33)21-25(22-31-32-20-14-15-24(32)23-34-7)36-37(30(4,5)6,26-16-10-8-11-17-26)27-18-12-9-13-19-27/h8-13,16-19,22,24-25H,14-15,20-21,23H2,1-7H3/b31-22+/t24-,25-/m0/s1. The maximum absolute atomic E-state index is 13.1. The average Bonchev–Trinajstić information content (AvgIpc) is 3.27. The number of esters is 1. The van der Waals surface area contributed by atoms with Crippen LogP contribution in [0, 0.1) is 0 Å². The van der Waals surface area contributed by atoms with Crippen molar-refractivity contribution in [2.75, 3.05) is 20.3 Å². The molecule has 0 radical (unpaired) electrons. The molecule has 0 saturated carbocycles. The Labute approximate surface area is 224 Å². The van der Waals surface area contributed by atoms with E-state index in [4.69, 9.17) is 19.0 Å². The summed E-state index contributed by atoms with van der Waals surface area (Å²) < 4.78 is 18.4. The molecule has 1 aliphatic rings. The smallest absolute Gasteiger partial charge is 0.309 e. The summed E-state index contributed by atoms with van der Waals surface area (Å²) in [6.45, 7) is 13.8. The van der Waals surface area contributed by atoms with Crippen molar-refractivity contribution in [2.45, 2.75) is 83.6 Å². The predicted octanol–water partition coefficient (Wildman–Crippen LogP) is 4.76. The molecule has 0 unspecified atom stereocenters. The van der Waals surface area contributed by atoms with E-state index in [1.807, 2.05) is 39.1 Å². The Bertz CT molecular complexity index is 976. The number of rotatable bonds is 10. The van der Waals surface area contributed by atoms with Gasteiger partial charge in [0.05, 0.1) is 31.4 Å². The number of ether oxygens (including phenoxy) is 2. The summed E-state index contributed by atoms with van der Waals surface area (Å²) in [5.74, 6) is -0.295. The van der Waals surface area contributed by atoms with Gasteiger partial charge in [0.25, 0.3) is 8.32 Å². The highest BCUT2D eigenvalue weighted by Gasteiger charge is 2.51. The normalized spacial score (nSPS) is 17.8. The number of nitrogens with zero attached hydrogens (tertiary/aromatic N) is 2. The molecular formula is C30H44N2O4Si. The monoisotopic (exact) mass is 524 g/mol. The second-order valence-corrected chi connectivity index (χ2v) is 16.0. The van der Waals surface area contributed by atoms with E-state index in [1.54, 1.807) is 7.11 Å². The van der Waals surface area contributed by atoms with E-state index in [-0.39, 0.29) is 23.5 Å². The molecule has 0 spiro atoms. The van der Waals surface area contributed by atoms with Crippen LogP contribution in [0.25, 0.3) is 0 Å². The molecule has 0 amide bonds. The van der Waals surface area contributed by atoms with Crippen LogP contribution in [-0.4, -0.2) is 63.5 Å². The van der Waals surface area contributed by atoms with Gasteiger partial charge >= 0.3 is 5.97 Å². The van der Waals surface area contributed by atoms with Crippen LogP contribution in [0.1, 0.15) is 60.8 Å². The number of carbonyl (C=O) groups excluding carboxylic acids is 1. The maximum Gasteiger partial charge on any atom is 0.309 e. The lowest BCUT2D eigenvalue weighted by atomic mass is 10.2. The van der Waals surface area contributed by atoms with Gasteiger partial charge in [-0.15, -0.1) is 0 Å². The van der Waals surface area contributed by atoms with Crippen molar-refractivity contribution in [2.24, 2.45) is 5.10 Å². The number of carbonyl (C=O) groups is 1. The van der Waals surface area contributed by atoms with Crippen LogP contribution in [0.2, 0.25) is 5.04 Å². The van der Waals surface area contributed by atoms with Crippen molar-refractivity contribution < 1.29 is 18.7 Å². The van der Waals surface area contributed by atoms with Crippen LogP contribution in [0.5, 0.6) is 0 Å². The zero-order valence-electron chi connectivity index (χ0n) is 23.6. The summed E-state index contributed by atoms with van der Waals surface area (Å²) in [7, 11) is -1.17. The molecule has 2 atom stereocenters. The first-order chi connectivity index (χ1) is 17.5. The fraction of sp³-hybridized carbons (Fsp3) is 0.533.